The first-order chi connectivity index (χ1) is 5.86. The van der Waals surface area contributed by atoms with Gasteiger partial charge in [-0.1, -0.05) is 26.7 Å². The topological polar surface area (TPSA) is 3.24 Å². The molecule has 1 radical (unpaired) electrons. The molecule has 0 aromatic rings. The third-order valence-electron chi connectivity index (χ3n) is 2.97. The van der Waals surface area contributed by atoms with Crippen molar-refractivity contribution in [1.82, 2.24) is 4.90 Å². The van der Waals surface area contributed by atoms with E-state index in [1.807, 2.05) is 0 Å². The van der Waals surface area contributed by atoms with E-state index in [2.05, 4.69) is 25.2 Å². The monoisotopic (exact) mass is 168 g/mol. The first-order valence-electron chi connectivity index (χ1n) is 5.40. The fraction of sp³-hybridized carbons (Fsp3) is 0.909. The molecule has 1 heterocycles. The maximum Gasteiger partial charge on any atom is 0.000946 e. The van der Waals surface area contributed by atoms with Gasteiger partial charge in [0.05, 0.1) is 0 Å². The van der Waals surface area contributed by atoms with Crippen molar-refractivity contribution in [3.8, 4) is 0 Å². The number of nitrogens with zero attached hydrogens (tertiary/aromatic N) is 1. The Labute approximate surface area is 77.1 Å². The number of hydrogen-bond acceptors (Lipinski definition) is 1. The van der Waals surface area contributed by atoms with Crippen LogP contribution in [0.2, 0.25) is 0 Å². The molecule has 0 amide bonds. The molecule has 1 nitrogen and oxygen atoms in total. The van der Waals surface area contributed by atoms with Crippen molar-refractivity contribution in [1.29, 1.82) is 0 Å². The van der Waals surface area contributed by atoms with Crippen LogP contribution in [0.5, 0.6) is 0 Å². The molecular weight excluding hydrogens is 146 g/mol. The van der Waals surface area contributed by atoms with Gasteiger partial charge in [0.15, 0.2) is 0 Å². The van der Waals surface area contributed by atoms with Crippen LogP contribution in [-0.4, -0.2) is 24.5 Å². The number of piperidine rings is 1. The molecule has 0 aliphatic carbocycles. The molecule has 0 saturated carbocycles. The van der Waals surface area contributed by atoms with E-state index in [9.17, 15) is 0 Å². The largest absolute Gasteiger partial charge is 0.303 e. The lowest BCUT2D eigenvalue weighted by molar-refractivity contribution is 0.209. The number of rotatable bonds is 4. The maximum absolute atomic E-state index is 2.62. The zero-order valence-corrected chi connectivity index (χ0v) is 8.55. The molecule has 1 saturated heterocycles. The van der Waals surface area contributed by atoms with E-state index < -0.39 is 0 Å². The minimum Gasteiger partial charge on any atom is -0.303 e. The van der Waals surface area contributed by atoms with Crippen LogP contribution in [0.15, 0.2) is 0 Å². The van der Waals surface area contributed by atoms with Gasteiger partial charge in [-0.05, 0) is 38.3 Å². The van der Waals surface area contributed by atoms with Crippen LogP contribution in [-0.2, 0) is 0 Å². The minimum atomic E-state index is 0.933. The average Bonchev–Trinajstić information content (AvgIpc) is 2.16. The van der Waals surface area contributed by atoms with E-state index >= 15 is 0 Å². The molecule has 1 aliphatic heterocycles. The SMILES string of the molecule is CCC(CC)CN1CC[CH]CC1. The molecule has 0 N–H and O–H groups in total. The van der Waals surface area contributed by atoms with Gasteiger partial charge in [-0.3, -0.25) is 0 Å². The van der Waals surface area contributed by atoms with Crippen LogP contribution in [0.4, 0.5) is 0 Å². The second-order valence-electron chi connectivity index (χ2n) is 3.85. The summed E-state index contributed by atoms with van der Waals surface area (Å²) in [6.45, 7) is 8.56. The van der Waals surface area contributed by atoms with Crippen LogP contribution >= 0.6 is 0 Å². The van der Waals surface area contributed by atoms with Gasteiger partial charge in [0.2, 0.25) is 0 Å². The van der Waals surface area contributed by atoms with Gasteiger partial charge in [-0.25, -0.2) is 0 Å². The van der Waals surface area contributed by atoms with Crippen molar-refractivity contribution >= 4 is 0 Å². The Hall–Kier alpha value is -0.0400. The van der Waals surface area contributed by atoms with Gasteiger partial charge in [0.1, 0.15) is 0 Å². The van der Waals surface area contributed by atoms with Gasteiger partial charge in [0, 0.05) is 6.54 Å². The van der Waals surface area contributed by atoms with Crippen molar-refractivity contribution < 1.29 is 0 Å². The van der Waals surface area contributed by atoms with E-state index in [1.165, 1.54) is 45.3 Å². The van der Waals surface area contributed by atoms with Crippen molar-refractivity contribution in [2.75, 3.05) is 19.6 Å². The standard InChI is InChI=1S/C11H22N/c1-3-11(4-2)10-12-8-6-5-7-9-12/h5,11H,3-4,6-10H2,1-2H3. The van der Waals surface area contributed by atoms with Crippen molar-refractivity contribution in [3.05, 3.63) is 6.42 Å². The molecule has 1 aliphatic rings. The van der Waals surface area contributed by atoms with Crippen molar-refractivity contribution in [2.45, 2.75) is 39.5 Å². The highest BCUT2D eigenvalue weighted by atomic mass is 15.1. The van der Waals surface area contributed by atoms with E-state index in [1.54, 1.807) is 0 Å². The van der Waals surface area contributed by atoms with Gasteiger partial charge in [-0.2, -0.15) is 0 Å². The lowest BCUT2D eigenvalue weighted by atomic mass is 10.0. The summed E-state index contributed by atoms with van der Waals surface area (Å²) in [6, 6.07) is 0. The van der Waals surface area contributed by atoms with E-state index in [-0.39, 0.29) is 0 Å². The van der Waals surface area contributed by atoms with Crippen LogP contribution in [0, 0.1) is 12.3 Å². The van der Waals surface area contributed by atoms with Crippen molar-refractivity contribution in [2.24, 2.45) is 5.92 Å². The third kappa shape index (κ3) is 3.14. The predicted octanol–water partition coefficient (Wildman–Crippen LogP) is 2.72. The Bertz CT molecular complexity index is 102. The Morgan fingerprint density at radius 2 is 1.75 bits per heavy atom. The molecule has 71 valence electrons. The molecule has 1 rings (SSSR count). The fourth-order valence-electron chi connectivity index (χ4n) is 1.90. The molecule has 1 fully saturated rings. The predicted molar refractivity (Wildman–Crippen MR) is 54.0 cm³/mol. The Balaban J connectivity index is 2.18. The first-order valence-corrected chi connectivity index (χ1v) is 5.40. The molecule has 12 heavy (non-hydrogen) atoms. The summed E-state index contributed by atoms with van der Waals surface area (Å²) in [5, 5.41) is 0. The summed E-state index contributed by atoms with van der Waals surface area (Å²) >= 11 is 0. The smallest absolute Gasteiger partial charge is 0.000946 e. The number of hydrogen-bond donors (Lipinski definition) is 0. The van der Waals surface area contributed by atoms with Crippen LogP contribution in [0.1, 0.15) is 39.5 Å². The molecule has 0 aromatic carbocycles. The lowest BCUT2D eigenvalue weighted by Crippen LogP contribution is -2.34. The highest BCUT2D eigenvalue weighted by Gasteiger charge is 2.13. The lowest BCUT2D eigenvalue weighted by Gasteiger charge is -2.29. The average molecular weight is 168 g/mol. The summed E-state index contributed by atoms with van der Waals surface area (Å²) < 4.78 is 0. The maximum atomic E-state index is 2.62. The number of likely N-dealkylation sites (tertiary alicyclic amines) is 1. The summed E-state index contributed by atoms with van der Waals surface area (Å²) in [4.78, 5) is 2.62. The van der Waals surface area contributed by atoms with Gasteiger partial charge in [0.25, 0.3) is 0 Å². The van der Waals surface area contributed by atoms with Crippen LogP contribution in [0.25, 0.3) is 0 Å². The zero-order chi connectivity index (χ0) is 8.81. The zero-order valence-electron chi connectivity index (χ0n) is 8.55. The normalized spacial score (nSPS) is 20.2. The van der Waals surface area contributed by atoms with Crippen LogP contribution < -0.4 is 0 Å². The summed E-state index contributed by atoms with van der Waals surface area (Å²) in [5.41, 5.74) is 0. The molecule has 0 unspecified atom stereocenters. The van der Waals surface area contributed by atoms with E-state index in [0.717, 1.165) is 5.92 Å². The van der Waals surface area contributed by atoms with Gasteiger partial charge in [-0.15, -0.1) is 0 Å². The molecule has 0 bridgehead atoms. The summed E-state index contributed by atoms with van der Waals surface area (Å²) in [7, 11) is 0. The Kier molecular flexibility index (Phi) is 4.67. The van der Waals surface area contributed by atoms with Gasteiger partial charge >= 0.3 is 0 Å². The molecule has 0 atom stereocenters. The second-order valence-corrected chi connectivity index (χ2v) is 3.85. The summed E-state index contributed by atoms with van der Waals surface area (Å²) in [6.07, 6.45) is 7.72. The van der Waals surface area contributed by atoms with Crippen LogP contribution in [0.3, 0.4) is 0 Å². The highest BCUT2D eigenvalue weighted by Crippen LogP contribution is 2.14. The fourth-order valence-corrected chi connectivity index (χ4v) is 1.90. The Morgan fingerprint density at radius 1 is 1.17 bits per heavy atom. The van der Waals surface area contributed by atoms with E-state index in [4.69, 9.17) is 0 Å². The molecular formula is C11H22N. The quantitative estimate of drug-likeness (QED) is 0.624. The molecule has 0 aromatic heterocycles. The van der Waals surface area contributed by atoms with Crippen molar-refractivity contribution in [3.63, 3.8) is 0 Å². The first kappa shape index (κ1) is 10.0. The molecule has 1 heteroatoms. The molecule has 0 spiro atoms. The summed E-state index contributed by atoms with van der Waals surface area (Å²) in [5.74, 6) is 0.933. The Morgan fingerprint density at radius 3 is 2.25 bits per heavy atom. The highest BCUT2D eigenvalue weighted by molar-refractivity contribution is 4.77. The third-order valence-corrected chi connectivity index (χ3v) is 2.97. The minimum absolute atomic E-state index is 0.933. The second kappa shape index (κ2) is 5.58. The van der Waals surface area contributed by atoms with E-state index in [0.29, 0.717) is 0 Å². The van der Waals surface area contributed by atoms with Gasteiger partial charge < -0.3 is 4.90 Å².